The fourth-order valence-corrected chi connectivity index (χ4v) is 5.53. The summed E-state index contributed by atoms with van der Waals surface area (Å²) in [6.07, 6.45) is -1.96. The van der Waals surface area contributed by atoms with Crippen molar-refractivity contribution in [3.05, 3.63) is 95.3 Å². The van der Waals surface area contributed by atoms with Gasteiger partial charge >= 0.3 is 0 Å². The summed E-state index contributed by atoms with van der Waals surface area (Å²) in [5, 5.41) is 24.1. The van der Waals surface area contributed by atoms with Crippen LogP contribution in [0, 0.1) is 13.8 Å². The molecule has 0 aliphatic carbocycles. The first kappa shape index (κ1) is 27.5. The Morgan fingerprint density at radius 3 is 2.31 bits per heavy atom. The Bertz CT molecular complexity index is 1270. The Morgan fingerprint density at radius 1 is 0.972 bits per heavy atom. The molecule has 0 spiro atoms. The van der Waals surface area contributed by atoms with Crippen LogP contribution >= 0.6 is 0 Å². The smallest absolute Gasteiger partial charge is 0.270 e. The van der Waals surface area contributed by atoms with Crippen molar-refractivity contribution in [2.75, 3.05) is 13.1 Å². The van der Waals surface area contributed by atoms with Gasteiger partial charge in [-0.05, 0) is 62.6 Å². The molecule has 3 aromatic rings. The highest BCUT2D eigenvalue weighted by atomic mass is 32.2. The molecule has 3 rings (SSSR count). The molecule has 36 heavy (non-hydrogen) atoms. The Labute approximate surface area is 212 Å². The molecule has 0 saturated heterocycles. The lowest BCUT2D eigenvalue weighted by molar-refractivity contribution is 0.0728. The molecular formula is C27H33N3O5S. The minimum Gasteiger partial charge on any atom is -0.392 e. The third kappa shape index (κ3) is 7.44. The van der Waals surface area contributed by atoms with Crippen molar-refractivity contribution in [1.82, 2.24) is 14.6 Å². The molecule has 9 heteroatoms. The fourth-order valence-electron chi connectivity index (χ4n) is 3.89. The highest BCUT2D eigenvalue weighted by Crippen LogP contribution is 2.19. The van der Waals surface area contributed by atoms with E-state index in [0.717, 1.165) is 15.4 Å². The average Bonchev–Trinajstić information content (AvgIpc) is 2.83. The number of sulfonamides is 1. The van der Waals surface area contributed by atoms with E-state index in [1.807, 2.05) is 30.3 Å². The van der Waals surface area contributed by atoms with E-state index >= 15 is 0 Å². The van der Waals surface area contributed by atoms with E-state index in [-0.39, 0.29) is 30.1 Å². The zero-order chi connectivity index (χ0) is 26.3. The standard InChI is InChI=1S/C27H33N3O5S/c1-19-9-7-13-23(15-19)36(34,35)30(17-21(3)31)18-26(32)25(16-22-11-5-4-6-12-22)29-27(33)24-14-8-10-20(2)28-24/h4-15,21,25-26,31-32H,16-18H2,1-3H3,(H,29,33)/t21-,25+,26-/m1/s1. The fraction of sp³-hybridized carbons (Fsp3) is 0.333. The quantitative estimate of drug-likeness (QED) is 0.364. The number of nitrogens with zero attached hydrogens (tertiary/aromatic N) is 2. The summed E-state index contributed by atoms with van der Waals surface area (Å²) in [6, 6.07) is 20.0. The van der Waals surface area contributed by atoms with Crippen molar-refractivity contribution in [2.45, 2.75) is 50.3 Å². The van der Waals surface area contributed by atoms with Gasteiger partial charge < -0.3 is 15.5 Å². The number of benzene rings is 2. The number of pyridine rings is 1. The lowest BCUT2D eigenvalue weighted by Gasteiger charge is -2.30. The van der Waals surface area contributed by atoms with Gasteiger partial charge in [-0.2, -0.15) is 4.31 Å². The second-order valence-corrected chi connectivity index (χ2v) is 10.9. The maximum absolute atomic E-state index is 13.4. The number of carbonyl (C=O) groups excluding carboxylic acids is 1. The molecule has 1 aromatic heterocycles. The molecule has 0 radical (unpaired) electrons. The van der Waals surface area contributed by atoms with Crippen molar-refractivity contribution in [2.24, 2.45) is 0 Å². The Kier molecular flexibility index (Phi) is 9.33. The number of hydrogen-bond acceptors (Lipinski definition) is 6. The number of nitrogens with one attached hydrogen (secondary N) is 1. The molecule has 0 saturated carbocycles. The van der Waals surface area contributed by atoms with Crippen LogP contribution in [0.1, 0.15) is 34.2 Å². The van der Waals surface area contributed by atoms with Gasteiger partial charge in [0.25, 0.3) is 5.91 Å². The maximum Gasteiger partial charge on any atom is 0.270 e. The number of carbonyl (C=O) groups is 1. The van der Waals surface area contributed by atoms with Gasteiger partial charge in [0.1, 0.15) is 5.69 Å². The van der Waals surface area contributed by atoms with Crippen molar-refractivity contribution in [3.63, 3.8) is 0 Å². The van der Waals surface area contributed by atoms with Gasteiger partial charge in [0.05, 0.1) is 23.1 Å². The van der Waals surface area contributed by atoms with Crippen LogP contribution in [0.15, 0.2) is 77.7 Å². The highest BCUT2D eigenvalue weighted by Gasteiger charge is 2.32. The zero-order valence-corrected chi connectivity index (χ0v) is 21.5. The number of aliphatic hydroxyl groups is 2. The summed E-state index contributed by atoms with van der Waals surface area (Å²) < 4.78 is 27.9. The molecule has 3 atom stereocenters. The topological polar surface area (TPSA) is 120 Å². The second-order valence-electron chi connectivity index (χ2n) is 8.99. The van der Waals surface area contributed by atoms with Crippen molar-refractivity contribution < 1.29 is 23.4 Å². The van der Waals surface area contributed by atoms with Crippen LogP contribution in [-0.4, -0.2) is 65.2 Å². The maximum atomic E-state index is 13.4. The van der Waals surface area contributed by atoms with Crippen molar-refractivity contribution in [3.8, 4) is 0 Å². The van der Waals surface area contributed by atoms with Gasteiger partial charge in [0, 0.05) is 18.8 Å². The van der Waals surface area contributed by atoms with E-state index in [1.165, 1.54) is 13.0 Å². The van der Waals surface area contributed by atoms with E-state index in [4.69, 9.17) is 0 Å². The number of aliphatic hydroxyl groups excluding tert-OH is 2. The van der Waals surface area contributed by atoms with Gasteiger partial charge in [-0.15, -0.1) is 0 Å². The number of rotatable bonds is 11. The van der Waals surface area contributed by atoms with Crippen LogP contribution in [-0.2, 0) is 16.4 Å². The molecule has 1 amide bonds. The minimum absolute atomic E-state index is 0.0722. The van der Waals surface area contributed by atoms with Gasteiger partial charge in [-0.3, -0.25) is 4.79 Å². The molecular weight excluding hydrogens is 478 g/mol. The van der Waals surface area contributed by atoms with Crippen molar-refractivity contribution in [1.29, 1.82) is 0 Å². The van der Waals surface area contributed by atoms with E-state index in [9.17, 15) is 23.4 Å². The number of aryl methyl sites for hydroxylation is 2. The second kappa shape index (κ2) is 12.2. The summed E-state index contributed by atoms with van der Waals surface area (Å²) in [5.41, 5.74) is 2.51. The van der Waals surface area contributed by atoms with Crippen molar-refractivity contribution >= 4 is 15.9 Å². The summed E-state index contributed by atoms with van der Waals surface area (Å²) in [7, 11) is -4.02. The monoisotopic (exact) mass is 511 g/mol. The van der Waals surface area contributed by atoms with E-state index in [1.54, 1.807) is 50.2 Å². The molecule has 3 N–H and O–H groups in total. The summed E-state index contributed by atoms with van der Waals surface area (Å²) in [4.78, 5) is 17.3. The van der Waals surface area contributed by atoms with Gasteiger partial charge in [-0.1, -0.05) is 48.5 Å². The first-order chi connectivity index (χ1) is 17.1. The van der Waals surface area contributed by atoms with Crippen LogP contribution in [0.2, 0.25) is 0 Å². The number of aromatic nitrogens is 1. The number of amides is 1. The van der Waals surface area contributed by atoms with E-state index in [2.05, 4.69) is 10.3 Å². The van der Waals surface area contributed by atoms with Crippen LogP contribution in [0.4, 0.5) is 0 Å². The molecule has 0 aliphatic rings. The van der Waals surface area contributed by atoms with E-state index < -0.39 is 34.2 Å². The molecule has 0 aliphatic heterocycles. The molecule has 8 nitrogen and oxygen atoms in total. The average molecular weight is 512 g/mol. The van der Waals surface area contributed by atoms with Gasteiger partial charge in [-0.25, -0.2) is 13.4 Å². The first-order valence-electron chi connectivity index (χ1n) is 11.8. The highest BCUT2D eigenvalue weighted by molar-refractivity contribution is 7.89. The normalized spacial score (nSPS) is 14.3. The first-order valence-corrected chi connectivity index (χ1v) is 13.2. The summed E-state index contributed by atoms with van der Waals surface area (Å²) in [6.45, 7) is 4.52. The molecule has 2 aromatic carbocycles. The Hall–Kier alpha value is -3.11. The van der Waals surface area contributed by atoms with Crippen LogP contribution < -0.4 is 5.32 Å². The predicted molar refractivity (Wildman–Crippen MR) is 138 cm³/mol. The lowest BCUT2D eigenvalue weighted by atomic mass is 10.0. The Morgan fingerprint density at radius 2 is 1.67 bits per heavy atom. The zero-order valence-electron chi connectivity index (χ0n) is 20.7. The van der Waals surface area contributed by atoms with Gasteiger partial charge in [0.15, 0.2) is 0 Å². The van der Waals surface area contributed by atoms with Crippen LogP contribution in [0.25, 0.3) is 0 Å². The largest absolute Gasteiger partial charge is 0.392 e. The summed E-state index contributed by atoms with van der Waals surface area (Å²) in [5.74, 6) is -0.470. The Balaban J connectivity index is 1.89. The molecule has 0 fully saturated rings. The molecule has 0 bridgehead atoms. The number of hydrogen-bond donors (Lipinski definition) is 3. The minimum atomic E-state index is -4.02. The predicted octanol–water partition coefficient (Wildman–Crippen LogP) is 2.47. The summed E-state index contributed by atoms with van der Waals surface area (Å²) >= 11 is 0. The van der Waals surface area contributed by atoms with Gasteiger partial charge in [0.2, 0.25) is 10.0 Å². The third-order valence-electron chi connectivity index (χ3n) is 5.69. The lowest BCUT2D eigenvalue weighted by Crippen LogP contribution is -2.51. The molecule has 192 valence electrons. The molecule has 1 heterocycles. The SMILES string of the molecule is Cc1cccc(S(=O)(=O)N(C[C@@H](O)[C@H](Cc2ccccc2)NC(=O)c2cccc(C)n2)C[C@@H](C)O)c1. The van der Waals surface area contributed by atoms with E-state index in [0.29, 0.717) is 5.69 Å². The molecule has 0 unspecified atom stereocenters. The van der Waals surface area contributed by atoms with Crippen LogP contribution in [0.3, 0.4) is 0 Å². The third-order valence-corrected chi connectivity index (χ3v) is 7.51. The van der Waals surface area contributed by atoms with Crippen LogP contribution in [0.5, 0.6) is 0 Å².